The van der Waals surface area contributed by atoms with Gasteiger partial charge in [-0.2, -0.15) is 0 Å². The van der Waals surface area contributed by atoms with Crippen LogP contribution in [0.4, 0.5) is 0 Å². The molecule has 30 heavy (non-hydrogen) atoms. The Balaban J connectivity index is 1.50. The molecule has 1 aromatic heterocycles. The summed E-state index contributed by atoms with van der Waals surface area (Å²) in [5.74, 6) is 0.731. The maximum atomic E-state index is 12.7. The third kappa shape index (κ3) is 4.28. The van der Waals surface area contributed by atoms with Crippen LogP contribution in [0, 0.1) is 13.8 Å². The van der Waals surface area contributed by atoms with Gasteiger partial charge >= 0.3 is 0 Å². The van der Waals surface area contributed by atoms with Crippen LogP contribution < -0.4 is 0 Å². The molecule has 0 unspecified atom stereocenters. The van der Waals surface area contributed by atoms with Crippen molar-refractivity contribution < 1.29 is 4.79 Å². The highest BCUT2D eigenvalue weighted by atomic mass is 35.5. The molecule has 3 nitrogen and oxygen atoms in total. The average Bonchev–Trinajstić information content (AvgIpc) is 3.13. The molecule has 1 N–H and O–H groups in total. The topological polar surface area (TPSA) is 45.8 Å². The van der Waals surface area contributed by atoms with E-state index in [4.69, 9.17) is 23.2 Å². The number of rotatable bonds is 6. The summed E-state index contributed by atoms with van der Waals surface area (Å²) in [5, 5.41) is 1.06. The van der Waals surface area contributed by atoms with E-state index in [-0.39, 0.29) is 5.78 Å². The van der Waals surface area contributed by atoms with E-state index in [0.29, 0.717) is 33.4 Å². The molecule has 4 rings (SSSR count). The summed E-state index contributed by atoms with van der Waals surface area (Å²) in [4.78, 5) is 20.6. The fraction of sp³-hybridized carbons (Fsp3) is 0.200. The van der Waals surface area contributed by atoms with Crippen LogP contribution in [0.5, 0.6) is 0 Å². The van der Waals surface area contributed by atoms with E-state index < -0.39 is 0 Å². The van der Waals surface area contributed by atoms with Gasteiger partial charge in [0.25, 0.3) is 0 Å². The number of benzene rings is 3. The predicted octanol–water partition coefficient (Wildman–Crippen LogP) is 7.36. The highest BCUT2D eigenvalue weighted by Crippen LogP contribution is 2.34. The molecule has 0 aliphatic carbocycles. The van der Waals surface area contributed by atoms with Gasteiger partial charge in [0.05, 0.1) is 26.6 Å². The minimum atomic E-state index is 0.133. The number of aromatic amines is 1. The number of nitrogens with zero attached hydrogens (tertiary/aromatic N) is 1. The van der Waals surface area contributed by atoms with Crippen molar-refractivity contribution in [3.05, 3.63) is 86.9 Å². The van der Waals surface area contributed by atoms with Crippen LogP contribution in [0.3, 0.4) is 0 Å². The maximum Gasteiger partial charge on any atom is 0.162 e. The molecular weight excluding hydrogens is 415 g/mol. The average molecular weight is 437 g/mol. The number of carbonyl (C=O) groups excluding carboxylic acids is 1. The number of aryl methyl sites for hydroxylation is 3. The third-order valence-corrected chi connectivity index (χ3v) is 5.99. The predicted molar refractivity (Wildman–Crippen MR) is 125 cm³/mol. The summed E-state index contributed by atoms with van der Waals surface area (Å²) in [6.07, 6.45) is 2.24. The molecule has 0 saturated carbocycles. The summed E-state index contributed by atoms with van der Waals surface area (Å²) in [7, 11) is 0. The zero-order chi connectivity index (χ0) is 21.3. The second-order valence-electron chi connectivity index (χ2n) is 7.62. The molecule has 1 heterocycles. The van der Waals surface area contributed by atoms with Crippen molar-refractivity contribution in [1.29, 1.82) is 0 Å². The lowest BCUT2D eigenvalue weighted by Gasteiger charge is -2.07. The van der Waals surface area contributed by atoms with Crippen molar-refractivity contribution in [3.8, 4) is 11.4 Å². The number of imidazole rings is 1. The number of fused-ring (bicyclic) bond motifs is 1. The van der Waals surface area contributed by atoms with Crippen molar-refractivity contribution >= 4 is 40.0 Å². The van der Waals surface area contributed by atoms with Crippen LogP contribution in [0.15, 0.2) is 54.6 Å². The summed E-state index contributed by atoms with van der Waals surface area (Å²) in [6, 6.07) is 17.4. The lowest BCUT2D eigenvalue weighted by atomic mass is 9.98. The number of hydrogen-bond acceptors (Lipinski definition) is 2. The molecule has 0 radical (unpaired) electrons. The SMILES string of the molecule is Cc1ccc(C)c(CCCC(=O)c2ccc3nc(-c4c(Cl)cccc4Cl)[nH]c3c2)c1. The van der Waals surface area contributed by atoms with Crippen LogP contribution in [-0.2, 0) is 6.42 Å². The van der Waals surface area contributed by atoms with Gasteiger partial charge in [-0.05, 0) is 68.1 Å². The molecule has 5 heteroatoms. The van der Waals surface area contributed by atoms with E-state index in [1.807, 2.05) is 18.2 Å². The van der Waals surface area contributed by atoms with Gasteiger partial charge in [0.2, 0.25) is 0 Å². The first-order valence-corrected chi connectivity index (χ1v) is 10.7. The van der Waals surface area contributed by atoms with Gasteiger partial charge in [-0.3, -0.25) is 4.79 Å². The van der Waals surface area contributed by atoms with Crippen molar-refractivity contribution in [1.82, 2.24) is 9.97 Å². The highest BCUT2D eigenvalue weighted by Gasteiger charge is 2.14. The molecule has 0 saturated heterocycles. The molecule has 0 bridgehead atoms. The van der Waals surface area contributed by atoms with Crippen molar-refractivity contribution in [2.24, 2.45) is 0 Å². The Bertz CT molecular complexity index is 1220. The third-order valence-electron chi connectivity index (χ3n) is 5.36. The molecule has 0 amide bonds. The lowest BCUT2D eigenvalue weighted by Crippen LogP contribution is -2.00. The number of hydrogen-bond donors (Lipinski definition) is 1. The van der Waals surface area contributed by atoms with Crippen LogP contribution in [-0.4, -0.2) is 15.8 Å². The fourth-order valence-corrected chi connectivity index (χ4v) is 4.26. The van der Waals surface area contributed by atoms with Crippen molar-refractivity contribution in [2.75, 3.05) is 0 Å². The molecular formula is C25H22Cl2N2O. The molecule has 152 valence electrons. The Hall–Kier alpha value is -2.62. The Labute approximate surface area is 186 Å². The van der Waals surface area contributed by atoms with E-state index >= 15 is 0 Å². The van der Waals surface area contributed by atoms with Gasteiger partial charge in [0, 0.05) is 12.0 Å². The van der Waals surface area contributed by atoms with Gasteiger partial charge < -0.3 is 4.98 Å². The number of halogens is 2. The number of aromatic nitrogens is 2. The first kappa shape index (κ1) is 20.6. The van der Waals surface area contributed by atoms with E-state index in [9.17, 15) is 4.79 Å². The molecule has 3 aromatic carbocycles. The standard InChI is InChI=1S/C25H22Cl2N2O/c1-15-9-10-16(2)17(13-15)5-3-8-23(30)18-11-12-21-22(14-18)29-25(28-21)24-19(26)6-4-7-20(24)27/h4,6-7,9-14H,3,5,8H2,1-2H3,(H,28,29). The molecule has 0 spiro atoms. The number of Topliss-reactive ketones (excluding diaryl/α,β-unsaturated/α-hetero) is 1. The highest BCUT2D eigenvalue weighted by molar-refractivity contribution is 6.39. The summed E-state index contributed by atoms with van der Waals surface area (Å²) in [6.45, 7) is 4.21. The van der Waals surface area contributed by atoms with Crippen LogP contribution >= 0.6 is 23.2 Å². The molecule has 0 aliphatic rings. The van der Waals surface area contributed by atoms with E-state index in [1.165, 1.54) is 16.7 Å². The molecule has 0 fully saturated rings. The van der Waals surface area contributed by atoms with Gasteiger partial charge in [-0.25, -0.2) is 4.98 Å². The van der Waals surface area contributed by atoms with Crippen LogP contribution in [0.2, 0.25) is 10.0 Å². The van der Waals surface area contributed by atoms with E-state index in [2.05, 4.69) is 42.0 Å². The summed E-state index contributed by atoms with van der Waals surface area (Å²) < 4.78 is 0. The first-order valence-electron chi connectivity index (χ1n) is 9.96. The smallest absolute Gasteiger partial charge is 0.162 e. The Morgan fingerprint density at radius 2 is 1.77 bits per heavy atom. The fourth-order valence-electron chi connectivity index (χ4n) is 3.68. The summed E-state index contributed by atoms with van der Waals surface area (Å²) in [5.41, 5.74) is 6.75. The zero-order valence-electron chi connectivity index (χ0n) is 16.9. The van der Waals surface area contributed by atoms with Crippen LogP contribution in [0.1, 0.15) is 39.9 Å². The molecule has 0 atom stereocenters. The van der Waals surface area contributed by atoms with Gasteiger partial charge in [0.1, 0.15) is 5.82 Å². The van der Waals surface area contributed by atoms with Gasteiger partial charge in [0.15, 0.2) is 5.78 Å². The van der Waals surface area contributed by atoms with E-state index in [0.717, 1.165) is 23.9 Å². The normalized spacial score (nSPS) is 11.2. The second kappa shape index (κ2) is 8.63. The Morgan fingerprint density at radius 3 is 2.53 bits per heavy atom. The Morgan fingerprint density at radius 1 is 1.00 bits per heavy atom. The van der Waals surface area contributed by atoms with Gasteiger partial charge in [-0.15, -0.1) is 0 Å². The summed E-state index contributed by atoms with van der Waals surface area (Å²) >= 11 is 12.6. The van der Waals surface area contributed by atoms with Gasteiger partial charge in [-0.1, -0.05) is 53.0 Å². The monoisotopic (exact) mass is 436 g/mol. The van der Waals surface area contributed by atoms with Crippen molar-refractivity contribution in [3.63, 3.8) is 0 Å². The lowest BCUT2D eigenvalue weighted by molar-refractivity contribution is 0.0980. The number of carbonyl (C=O) groups is 1. The molecule has 0 aliphatic heterocycles. The second-order valence-corrected chi connectivity index (χ2v) is 8.44. The maximum absolute atomic E-state index is 12.7. The minimum Gasteiger partial charge on any atom is -0.338 e. The molecule has 4 aromatic rings. The number of nitrogens with one attached hydrogen (secondary N) is 1. The quantitative estimate of drug-likeness (QED) is 0.320. The number of ketones is 1. The zero-order valence-corrected chi connectivity index (χ0v) is 18.4. The van der Waals surface area contributed by atoms with Crippen molar-refractivity contribution in [2.45, 2.75) is 33.1 Å². The first-order chi connectivity index (χ1) is 14.4. The van der Waals surface area contributed by atoms with E-state index in [1.54, 1.807) is 18.2 Å². The minimum absolute atomic E-state index is 0.133. The van der Waals surface area contributed by atoms with Crippen LogP contribution in [0.25, 0.3) is 22.4 Å². The number of H-pyrrole nitrogens is 1. The Kier molecular flexibility index (Phi) is 5.94. The largest absolute Gasteiger partial charge is 0.338 e.